The molecule has 0 spiro atoms. The number of hydrogen-bond donors (Lipinski definition) is 2. The zero-order valence-corrected chi connectivity index (χ0v) is 14.8. The van der Waals surface area contributed by atoms with Crippen LogP contribution in [0.2, 0.25) is 5.02 Å². The lowest BCUT2D eigenvalue weighted by molar-refractivity contribution is -0.154. The standard InChI is InChI=1S/C18H21ClN2O3/c1-16(2)17(3)8-9-18(16,15(23)24)10-13(17)20-21-14(22)11-4-6-12(19)7-5-11/h4-7H,8-10H2,1-3H3,(H,21,22)(H,23,24). The van der Waals surface area contributed by atoms with E-state index in [4.69, 9.17) is 11.6 Å². The van der Waals surface area contributed by atoms with Gasteiger partial charge in [0.1, 0.15) is 0 Å². The van der Waals surface area contributed by atoms with Crippen LogP contribution in [-0.2, 0) is 4.79 Å². The van der Waals surface area contributed by atoms with Gasteiger partial charge in [-0.2, -0.15) is 5.10 Å². The van der Waals surface area contributed by atoms with Gasteiger partial charge in [0.2, 0.25) is 0 Å². The zero-order valence-electron chi connectivity index (χ0n) is 14.0. The van der Waals surface area contributed by atoms with Crippen molar-refractivity contribution in [3.63, 3.8) is 0 Å². The highest BCUT2D eigenvalue weighted by molar-refractivity contribution is 6.30. The number of halogens is 1. The van der Waals surface area contributed by atoms with E-state index in [1.807, 2.05) is 13.8 Å². The summed E-state index contributed by atoms with van der Waals surface area (Å²) in [5.74, 6) is -1.10. The van der Waals surface area contributed by atoms with E-state index in [-0.39, 0.29) is 11.3 Å². The van der Waals surface area contributed by atoms with E-state index in [1.165, 1.54) is 0 Å². The van der Waals surface area contributed by atoms with Crippen LogP contribution in [0.3, 0.4) is 0 Å². The first kappa shape index (κ1) is 17.0. The van der Waals surface area contributed by atoms with Crippen LogP contribution in [0.4, 0.5) is 0 Å². The predicted molar refractivity (Wildman–Crippen MR) is 92.2 cm³/mol. The van der Waals surface area contributed by atoms with Crippen molar-refractivity contribution < 1.29 is 14.7 Å². The number of nitrogens with one attached hydrogen (secondary N) is 1. The molecule has 5 nitrogen and oxygen atoms in total. The van der Waals surface area contributed by atoms with Crippen LogP contribution in [0.15, 0.2) is 29.4 Å². The summed E-state index contributed by atoms with van der Waals surface area (Å²) in [6.07, 6.45) is 1.80. The summed E-state index contributed by atoms with van der Waals surface area (Å²) >= 11 is 5.82. The van der Waals surface area contributed by atoms with E-state index in [9.17, 15) is 14.7 Å². The summed E-state index contributed by atoms with van der Waals surface area (Å²) in [6, 6.07) is 6.54. The Kier molecular flexibility index (Phi) is 3.75. The van der Waals surface area contributed by atoms with Crippen molar-refractivity contribution in [3.8, 4) is 0 Å². The summed E-state index contributed by atoms with van der Waals surface area (Å²) in [6.45, 7) is 6.05. The van der Waals surface area contributed by atoms with Crippen molar-refractivity contribution in [2.75, 3.05) is 0 Å². The molecular weight excluding hydrogens is 328 g/mol. The smallest absolute Gasteiger partial charge is 0.310 e. The second-order valence-electron chi connectivity index (χ2n) is 7.53. The molecule has 2 N–H and O–H groups in total. The molecule has 0 aliphatic heterocycles. The topological polar surface area (TPSA) is 78.8 Å². The van der Waals surface area contributed by atoms with Gasteiger partial charge in [-0.25, -0.2) is 5.43 Å². The number of carboxylic acid groups (broad SMARTS) is 1. The van der Waals surface area contributed by atoms with Crippen LogP contribution in [0, 0.1) is 16.2 Å². The Labute approximate surface area is 146 Å². The number of hydrogen-bond acceptors (Lipinski definition) is 3. The van der Waals surface area contributed by atoms with Crippen LogP contribution in [0.1, 0.15) is 50.4 Å². The second kappa shape index (κ2) is 5.31. The van der Waals surface area contributed by atoms with Crippen LogP contribution in [0.5, 0.6) is 0 Å². The molecule has 6 heteroatoms. The Bertz CT molecular complexity index is 741. The molecule has 2 bridgehead atoms. The van der Waals surface area contributed by atoms with Crippen molar-refractivity contribution in [1.29, 1.82) is 0 Å². The molecule has 24 heavy (non-hydrogen) atoms. The van der Waals surface area contributed by atoms with Crippen LogP contribution < -0.4 is 5.43 Å². The minimum absolute atomic E-state index is 0.321. The fourth-order valence-corrected chi connectivity index (χ4v) is 4.43. The van der Waals surface area contributed by atoms with Crippen LogP contribution >= 0.6 is 11.6 Å². The minimum Gasteiger partial charge on any atom is -0.481 e. The molecule has 0 saturated heterocycles. The summed E-state index contributed by atoms with van der Waals surface area (Å²) in [5.41, 5.74) is 2.28. The molecule has 1 aromatic carbocycles. The van der Waals surface area contributed by atoms with Gasteiger partial charge in [0.25, 0.3) is 5.91 Å². The lowest BCUT2D eigenvalue weighted by Gasteiger charge is -2.37. The number of aliphatic carboxylic acids is 1. The van der Waals surface area contributed by atoms with E-state index >= 15 is 0 Å². The molecule has 2 unspecified atom stereocenters. The van der Waals surface area contributed by atoms with E-state index in [0.29, 0.717) is 23.4 Å². The quantitative estimate of drug-likeness (QED) is 0.817. The lowest BCUT2D eigenvalue weighted by atomic mass is 9.65. The normalized spacial score (nSPS) is 32.1. The SMILES string of the molecule is CC12CCC(C(=O)O)(CC1=NNC(=O)c1ccc(Cl)cc1)C2(C)C. The van der Waals surface area contributed by atoms with Crippen LogP contribution in [0.25, 0.3) is 0 Å². The van der Waals surface area contributed by atoms with Gasteiger partial charge in [-0.1, -0.05) is 32.4 Å². The fraction of sp³-hybridized carbons (Fsp3) is 0.500. The summed E-state index contributed by atoms with van der Waals surface area (Å²) < 4.78 is 0. The Morgan fingerprint density at radius 3 is 2.33 bits per heavy atom. The monoisotopic (exact) mass is 348 g/mol. The molecule has 0 radical (unpaired) electrons. The average molecular weight is 349 g/mol. The first-order chi connectivity index (χ1) is 11.1. The molecule has 0 aromatic heterocycles. The Hall–Kier alpha value is -1.88. The van der Waals surface area contributed by atoms with Gasteiger partial charge in [-0.15, -0.1) is 0 Å². The summed E-state index contributed by atoms with van der Waals surface area (Å²) in [4.78, 5) is 24.1. The third-order valence-corrected chi connectivity index (χ3v) is 6.79. The Balaban J connectivity index is 1.86. The molecule has 2 aliphatic carbocycles. The number of nitrogens with zero attached hydrogens (tertiary/aromatic N) is 1. The summed E-state index contributed by atoms with van der Waals surface area (Å²) in [7, 11) is 0. The molecule has 128 valence electrons. The first-order valence-corrected chi connectivity index (χ1v) is 8.38. The number of carbonyl (C=O) groups excluding carboxylic acids is 1. The number of benzene rings is 1. The predicted octanol–water partition coefficient (Wildman–Crippen LogP) is 3.73. The molecule has 2 aliphatic rings. The van der Waals surface area contributed by atoms with E-state index < -0.39 is 16.8 Å². The minimum atomic E-state index is -0.800. The lowest BCUT2D eigenvalue weighted by Crippen LogP contribution is -2.40. The first-order valence-electron chi connectivity index (χ1n) is 8.00. The Morgan fingerprint density at radius 1 is 1.17 bits per heavy atom. The van der Waals surface area contributed by atoms with Crippen LogP contribution in [-0.4, -0.2) is 22.7 Å². The molecule has 3 rings (SSSR count). The second-order valence-corrected chi connectivity index (χ2v) is 7.96. The number of carbonyl (C=O) groups is 2. The molecule has 1 amide bonds. The maximum Gasteiger partial charge on any atom is 0.310 e. The molecule has 1 aromatic rings. The van der Waals surface area contributed by atoms with Gasteiger partial charge in [-0.3, -0.25) is 9.59 Å². The van der Waals surface area contributed by atoms with Gasteiger partial charge in [0.05, 0.1) is 5.41 Å². The van der Waals surface area contributed by atoms with E-state index in [2.05, 4.69) is 17.5 Å². The maximum atomic E-state index is 12.2. The van der Waals surface area contributed by atoms with Crippen molar-refractivity contribution >= 4 is 29.2 Å². The van der Waals surface area contributed by atoms with Gasteiger partial charge in [-0.05, 0) is 42.5 Å². The van der Waals surface area contributed by atoms with Gasteiger partial charge >= 0.3 is 5.97 Å². The molecule has 2 atom stereocenters. The largest absolute Gasteiger partial charge is 0.481 e. The molecule has 2 fully saturated rings. The number of hydrazone groups is 1. The number of rotatable bonds is 3. The highest BCUT2D eigenvalue weighted by atomic mass is 35.5. The van der Waals surface area contributed by atoms with Crippen molar-refractivity contribution in [1.82, 2.24) is 5.43 Å². The zero-order chi connectivity index (χ0) is 17.8. The van der Waals surface area contributed by atoms with E-state index in [1.54, 1.807) is 24.3 Å². The Morgan fingerprint density at radius 2 is 1.79 bits per heavy atom. The molecular formula is C18H21ClN2O3. The molecule has 2 saturated carbocycles. The summed E-state index contributed by atoms with van der Waals surface area (Å²) in [5, 5.41) is 14.7. The number of amides is 1. The van der Waals surface area contributed by atoms with Crippen molar-refractivity contribution in [2.45, 2.75) is 40.0 Å². The van der Waals surface area contributed by atoms with E-state index in [0.717, 1.165) is 12.1 Å². The fourth-order valence-electron chi connectivity index (χ4n) is 4.31. The van der Waals surface area contributed by atoms with Crippen molar-refractivity contribution in [2.24, 2.45) is 21.3 Å². The van der Waals surface area contributed by atoms with Gasteiger partial charge < -0.3 is 5.11 Å². The molecule has 0 heterocycles. The van der Waals surface area contributed by atoms with Gasteiger partial charge in [0.15, 0.2) is 0 Å². The average Bonchev–Trinajstić information content (AvgIpc) is 2.83. The number of carboxylic acids is 1. The number of fused-ring (bicyclic) bond motifs is 2. The third kappa shape index (κ3) is 2.10. The third-order valence-electron chi connectivity index (χ3n) is 6.54. The van der Waals surface area contributed by atoms with Gasteiger partial charge in [0, 0.05) is 28.1 Å². The highest BCUT2D eigenvalue weighted by Crippen LogP contribution is 2.70. The van der Waals surface area contributed by atoms with Crippen molar-refractivity contribution in [3.05, 3.63) is 34.9 Å². The maximum absolute atomic E-state index is 12.2. The highest BCUT2D eigenvalue weighted by Gasteiger charge is 2.71.